The first-order chi connectivity index (χ1) is 16.1. The van der Waals surface area contributed by atoms with Gasteiger partial charge in [-0.3, -0.25) is 14.4 Å². The van der Waals surface area contributed by atoms with Crippen LogP contribution in [0.4, 0.5) is 5.69 Å². The second-order valence-electron chi connectivity index (χ2n) is 8.26. The molecule has 33 heavy (non-hydrogen) atoms. The highest BCUT2D eigenvalue weighted by Gasteiger charge is 2.29. The highest BCUT2D eigenvalue weighted by atomic mass is 16.2. The Morgan fingerprint density at radius 3 is 2.06 bits per heavy atom. The zero-order valence-corrected chi connectivity index (χ0v) is 18.3. The predicted octanol–water partition coefficient (Wildman–Crippen LogP) is 3.69. The van der Waals surface area contributed by atoms with E-state index in [0.29, 0.717) is 18.5 Å². The molecular weight excluding hydrogens is 414 g/mol. The van der Waals surface area contributed by atoms with Crippen molar-refractivity contribution in [2.75, 3.05) is 5.32 Å². The monoisotopic (exact) mass is 441 g/mol. The standard InChI is InChI=1S/C27H27N3O3/c31-25(22-13-14-22)29-23-15-11-20(12-16-23)18-28-27(33)24(17-19-7-3-1-4-8-19)30-26(32)21-9-5-2-6-10-21/h1-12,15-16,22,24H,13-14,17-18H2,(H,28,33)(H,29,31)(H,30,32). The molecule has 0 aliphatic heterocycles. The summed E-state index contributed by atoms with van der Waals surface area (Å²) < 4.78 is 0. The lowest BCUT2D eigenvalue weighted by Crippen LogP contribution is -2.47. The molecule has 3 aromatic rings. The van der Waals surface area contributed by atoms with Gasteiger partial charge in [0.25, 0.3) is 5.91 Å². The van der Waals surface area contributed by atoms with Crippen LogP contribution in [0.3, 0.4) is 0 Å². The fourth-order valence-corrected chi connectivity index (χ4v) is 3.50. The molecule has 6 heteroatoms. The van der Waals surface area contributed by atoms with Gasteiger partial charge in [0, 0.05) is 30.1 Å². The van der Waals surface area contributed by atoms with E-state index in [4.69, 9.17) is 0 Å². The van der Waals surface area contributed by atoms with E-state index < -0.39 is 6.04 Å². The Morgan fingerprint density at radius 1 is 0.788 bits per heavy atom. The molecule has 1 aliphatic rings. The number of carbonyl (C=O) groups excluding carboxylic acids is 3. The van der Waals surface area contributed by atoms with Crippen molar-refractivity contribution >= 4 is 23.4 Å². The molecule has 1 unspecified atom stereocenters. The fourth-order valence-electron chi connectivity index (χ4n) is 3.50. The number of nitrogens with one attached hydrogen (secondary N) is 3. The van der Waals surface area contributed by atoms with Crippen LogP contribution < -0.4 is 16.0 Å². The summed E-state index contributed by atoms with van der Waals surface area (Å²) in [6.45, 7) is 0.322. The van der Waals surface area contributed by atoms with Crippen LogP contribution in [0, 0.1) is 5.92 Å². The Hall–Kier alpha value is -3.93. The molecule has 1 aliphatic carbocycles. The Morgan fingerprint density at radius 2 is 1.42 bits per heavy atom. The molecule has 0 radical (unpaired) electrons. The van der Waals surface area contributed by atoms with E-state index in [9.17, 15) is 14.4 Å². The summed E-state index contributed by atoms with van der Waals surface area (Å²) in [5.41, 5.74) is 3.12. The van der Waals surface area contributed by atoms with Crippen LogP contribution in [0.2, 0.25) is 0 Å². The minimum Gasteiger partial charge on any atom is -0.350 e. The molecule has 0 saturated heterocycles. The van der Waals surface area contributed by atoms with E-state index >= 15 is 0 Å². The summed E-state index contributed by atoms with van der Waals surface area (Å²) in [5.74, 6) is -0.331. The Bertz CT molecular complexity index is 1090. The first kappa shape index (κ1) is 22.3. The quantitative estimate of drug-likeness (QED) is 0.473. The molecule has 3 amide bonds. The van der Waals surface area contributed by atoms with Gasteiger partial charge in [0.05, 0.1) is 0 Å². The molecule has 0 heterocycles. The Labute approximate surface area is 193 Å². The maximum Gasteiger partial charge on any atom is 0.251 e. The lowest BCUT2D eigenvalue weighted by molar-refractivity contribution is -0.123. The van der Waals surface area contributed by atoms with Gasteiger partial charge in [-0.1, -0.05) is 60.7 Å². The maximum absolute atomic E-state index is 13.0. The second-order valence-corrected chi connectivity index (χ2v) is 8.26. The molecule has 0 aromatic heterocycles. The first-order valence-electron chi connectivity index (χ1n) is 11.2. The lowest BCUT2D eigenvalue weighted by atomic mass is 10.0. The van der Waals surface area contributed by atoms with E-state index in [-0.39, 0.29) is 23.6 Å². The summed E-state index contributed by atoms with van der Waals surface area (Å²) >= 11 is 0. The van der Waals surface area contributed by atoms with Gasteiger partial charge in [-0.2, -0.15) is 0 Å². The molecule has 6 nitrogen and oxygen atoms in total. The van der Waals surface area contributed by atoms with Crippen LogP contribution in [0.15, 0.2) is 84.9 Å². The van der Waals surface area contributed by atoms with E-state index in [1.54, 1.807) is 24.3 Å². The van der Waals surface area contributed by atoms with E-state index in [1.165, 1.54) is 0 Å². The van der Waals surface area contributed by atoms with Crippen LogP contribution >= 0.6 is 0 Å². The number of benzene rings is 3. The minimum absolute atomic E-state index is 0.0639. The fraction of sp³-hybridized carbons (Fsp3) is 0.222. The van der Waals surface area contributed by atoms with Crippen molar-refractivity contribution in [1.82, 2.24) is 10.6 Å². The normalized spacial score (nSPS) is 13.6. The smallest absolute Gasteiger partial charge is 0.251 e. The van der Waals surface area contributed by atoms with Crippen molar-refractivity contribution in [3.05, 3.63) is 102 Å². The molecule has 4 rings (SSSR count). The molecule has 168 valence electrons. The number of anilines is 1. The largest absolute Gasteiger partial charge is 0.350 e. The van der Waals surface area contributed by atoms with Gasteiger partial charge >= 0.3 is 0 Å². The zero-order valence-electron chi connectivity index (χ0n) is 18.3. The first-order valence-corrected chi connectivity index (χ1v) is 11.2. The van der Waals surface area contributed by atoms with Crippen LogP contribution in [0.5, 0.6) is 0 Å². The SMILES string of the molecule is O=C(NC(Cc1ccccc1)C(=O)NCc1ccc(NC(=O)C2CC2)cc1)c1ccccc1. The maximum atomic E-state index is 13.0. The third-order valence-electron chi connectivity index (χ3n) is 5.58. The molecule has 3 aromatic carbocycles. The molecule has 0 spiro atoms. The third-order valence-corrected chi connectivity index (χ3v) is 5.58. The van der Waals surface area contributed by atoms with Crippen molar-refractivity contribution in [3.8, 4) is 0 Å². The van der Waals surface area contributed by atoms with Crippen molar-refractivity contribution in [2.45, 2.75) is 31.8 Å². The van der Waals surface area contributed by atoms with E-state index in [2.05, 4.69) is 16.0 Å². The molecule has 3 N–H and O–H groups in total. The molecule has 0 bridgehead atoms. The summed E-state index contributed by atoms with van der Waals surface area (Å²) in [5, 5.41) is 8.69. The summed E-state index contributed by atoms with van der Waals surface area (Å²) in [6, 6.07) is 25.2. The summed E-state index contributed by atoms with van der Waals surface area (Å²) in [7, 11) is 0. The van der Waals surface area contributed by atoms with E-state index in [1.807, 2.05) is 60.7 Å². The van der Waals surface area contributed by atoms with Crippen LogP contribution in [0.25, 0.3) is 0 Å². The Balaban J connectivity index is 1.37. The topological polar surface area (TPSA) is 87.3 Å². The molecule has 1 atom stereocenters. The minimum atomic E-state index is -0.711. The lowest BCUT2D eigenvalue weighted by Gasteiger charge is -2.19. The molecular formula is C27H27N3O3. The highest BCUT2D eigenvalue weighted by Crippen LogP contribution is 2.30. The Kier molecular flexibility index (Phi) is 7.15. The van der Waals surface area contributed by atoms with Gasteiger partial charge in [0.2, 0.25) is 11.8 Å². The second kappa shape index (κ2) is 10.6. The van der Waals surface area contributed by atoms with Crippen LogP contribution in [-0.2, 0) is 22.6 Å². The molecule has 1 saturated carbocycles. The number of carbonyl (C=O) groups is 3. The zero-order chi connectivity index (χ0) is 23.0. The van der Waals surface area contributed by atoms with Crippen molar-refractivity contribution < 1.29 is 14.4 Å². The van der Waals surface area contributed by atoms with Crippen molar-refractivity contribution in [2.24, 2.45) is 5.92 Å². The number of amides is 3. The van der Waals surface area contributed by atoms with Crippen molar-refractivity contribution in [1.29, 1.82) is 0 Å². The van der Waals surface area contributed by atoms with Crippen molar-refractivity contribution in [3.63, 3.8) is 0 Å². The van der Waals surface area contributed by atoms with Gasteiger partial charge in [0.15, 0.2) is 0 Å². The van der Waals surface area contributed by atoms with Gasteiger partial charge in [0.1, 0.15) is 6.04 Å². The number of hydrogen-bond acceptors (Lipinski definition) is 3. The van der Waals surface area contributed by atoms with Gasteiger partial charge < -0.3 is 16.0 Å². The highest BCUT2D eigenvalue weighted by molar-refractivity contribution is 5.97. The van der Waals surface area contributed by atoms with Gasteiger partial charge in [-0.25, -0.2) is 0 Å². The van der Waals surface area contributed by atoms with Gasteiger partial charge in [-0.15, -0.1) is 0 Å². The number of rotatable bonds is 9. The molecule has 1 fully saturated rings. The predicted molar refractivity (Wildman–Crippen MR) is 127 cm³/mol. The number of hydrogen-bond donors (Lipinski definition) is 3. The van der Waals surface area contributed by atoms with Gasteiger partial charge in [-0.05, 0) is 48.2 Å². The van der Waals surface area contributed by atoms with E-state index in [0.717, 1.165) is 29.7 Å². The third kappa shape index (κ3) is 6.53. The van der Waals surface area contributed by atoms with Crippen LogP contribution in [0.1, 0.15) is 34.3 Å². The summed E-state index contributed by atoms with van der Waals surface area (Å²) in [6.07, 6.45) is 2.30. The average molecular weight is 442 g/mol. The van der Waals surface area contributed by atoms with Crippen LogP contribution in [-0.4, -0.2) is 23.8 Å². The summed E-state index contributed by atoms with van der Waals surface area (Å²) in [4.78, 5) is 37.6. The average Bonchev–Trinajstić information content (AvgIpc) is 3.70.